The molecule has 1 aromatic carbocycles. The van der Waals surface area contributed by atoms with Crippen molar-refractivity contribution in [3.8, 4) is 0 Å². The molecule has 6 heteroatoms. The first kappa shape index (κ1) is 12.5. The van der Waals surface area contributed by atoms with E-state index < -0.39 is 5.97 Å². The van der Waals surface area contributed by atoms with Gasteiger partial charge in [0.25, 0.3) is 0 Å². The van der Waals surface area contributed by atoms with E-state index in [-0.39, 0.29) is 12.4 Å². The number of carbonyl (C=O) groups excluding carboxylic acids is 1. The minimum Gasteiger partial charge on any atom is -0.463 e. The van der Waals surface area contributed by atoms with Gasteiger partial charge >= 0.3 is 5.97 Å². The second-order valence-corrected chi connectivity index (χ2v) is 5.06. The molecule has 3 rings (SSSR count). The molecule has 0 saturated carbocycles. The zero-order valence-corrected chi connectivity index (χ0v) is 12.1. The van der Waals surface area contributed by atoms with Gasteiger partial charge in [-0.15, -0.1) is 0 Å². The van der Waals surface area contributed by atoms with Gasteiger partial charge in [-0.1, -0.05) is 0 Å². The highest BCUT2D eigenvalue weighted by atomic mass is 127. The Bertz CT molecular complexity index is 790. The third-order valence-electron chi connectivity index (χ3n) is 2.87. The molecule has 0 fully saturated rings. The van der Waals surface area contributed by atoms with Gasteiger partial charge in [-0.2, -0.15) is 0 Å². The summed E-state index contributed by atoms with van der Waals surface area (Å²) < 4.78 is 24.8. The van der Waals surface area contributed by atoms with Crippen molar-refractivity contribution in [1.29, 1.82) is 0 Å². The van der Waals surface area contributed by atoms with Crippen molar-refractivity contribution in [3.63, 3.8) is 0 Å². The quantitative estimate of drug-likeness (QED) is 0.549. The van der Waals surface area contributed by atoms with Gasteiger partial charge in [0, 0.05) is 0 Å². The number of hydrogen-bond donors (Lipinski definition) is 1. The molecule has 0 unspecified atom stereocenters. The minimum absolute atomic E-state index is 0.287. The van der Waals surface area contributed by atoms with Crippen molar-refractivity contribution in [3.05, 3.63) is 33.5 Å². The number of carbonyl (C=O) groups is 1. The molecule has 3 aromatic rings. The van der Waals surface area contributed by atoms with Crippen molar-refractivity contribution in [2.24, 2.45) is 0 Å². The van der Waals surface area contributed by atoms with Gasteiger partial charge in [0.05, 0.1) is 32.7 Å². The van der Waals surface area contributed by atoms with Gasteiger partial charge in [0.2, 0.25) is 0 Å². The van der Waals surface area contributed by atoms with Crippen LogP contribution in [0.15, 0.2) is 22.8 Å². The Hall–Kier alpha value is -1.57. The lowest BCUT2D eigenvalue weighted by Crippen LogP contribution is -2.06. The van der Waals surface area contributed by atoms with Crippen LogP contribution in [0.25, 0.3) is 21.9 Å². The zero-order valence-electron chi connectivity index (χ0n) is 9.92. The molecule has 0 bridgehead atoms. The third-order valence-corrected chi connectivity index (χ3v) is 3.95. The Balaban J connectivity index is 2.34. The number of H-pyrrole nitrogens is 1. The molecule has 1 N–H and O–H groups in total. The predicted molar refractivity (Wildman–Crippen MR) is 76.7 cm³/mol. The van der Waals surface area contributed by atoms with Gasteiger partial charge in [-0.25, -0.2) is 9.18 Å². The number of aromatic nitrogens is 1. The maximum absolute atomic E-state index is 13.8. The van der Waals surface area contributed by atoms with Crippen LogP contribution in [0.1, 0.15) is 17.4 Å². The molecule has 0 aliphatic rings. The van der Waals surface area contributed by atoms with Crippen molar-refractivity contribution in [2.45, 2.75) is 6.92 Å². The maximum Gasteiger partial charge on any atom is 0.355 e. The number of hydrogen-bond acceptors (Lipinski definition) is 3. The number of benzene rings is 1. The fourth-order valence-corrected chi connectivity index (χ4v) is 2.96. The molecule has 0 radical (unpaired) electrons. The van der Waals surface area contributed by atoms with Crippen LogP contribution in [0.5, 0.6) is 0 Å². The van der Waals surface area contributed by atoms with E-state index in [1.54, 1.807) is 13.0 Å². The Labute approximate surface area is 121 Å². The fourth-order valence-electron chi connectivity index (χ4n) is 2.06. The number of aromatic amines is 1. The van der Waals surface area contributed by atoms with Crippen LogP contribution in [0.3, 0.4) is 0 Å². The number of fused-ring (bicyclic) bond motifs is 3. The van der Waals surface area contributed by atoms with Crippen LogP contribution >= 0.6 is 22.6 Å². The molecule has 4 nitrogen and oxygen atoms in total. The van der Waals surface area contributed by atoms with Gasteiger partial charge < -0.3 is 14.1 Å². The normalized spacial score (nSPS) is 11.3. The number of esters is 1. The highest BCUT2D eigenvalue weighted by molar-refractivity contribution is 14.1. The Morgan fingerprint density at radius 1 is 1.58 bits per heavy atom. The largest absolute Gasteiger partial charge is 0.463 e. The molecule has 0 aliphatic carbocycles. The second-order valence-electron chi connectivity index (χ2n) is 3.98. The van der Waals surface area contributed by atoms with Crippen LogP contribution in [0, 0.1) is 9.39 Å². The van der Waals surface area contributed by atoms with E-state index in [1.807, 2.05) is 22.6 Å². The lowest BCUT2D eigenvalue weighted by atomic mass is 10.2. The van der Waals surface area contributed by atoms with Crippen molar-refractivity contribution < 1.29 is 18.3 Å². The summed E-state index contributed by atoms with van der Waals surface area (Å²) in [6, 6.07) is 2.93. The molecule has 0 saturated heterocycles. The molecule has 19 heavy (non-hydrogen) atoms. The summed E-state index contributed by atoms with van der Waals surface area (Å²) in [4.78, 5) is 14.7. The number of furan rings is 1. The first-order valence-corrected chi connectivity index (χ1v) is 6.75. The van der Waals surface area contributed by atoms with Crippen LogP contribution in [-0.2, 0) is 4.74 Å². The molecule has 98 valence electrons. The molecule has 0 amide bonds. The SMILES string of the molecule is CCOC(=O)c1[nH]c2cc(F)c3ccoc3c2c1I. The maximum atomic E-state index is 13.8. The van der Waals surface area contributed by atoms with Crippen LogP contribution in [0.4, 0.5) is 4.39 Å². The summed E-state index contributed by atoms with van der Waals surface area (Å²) in [5.74, 6) is -0.840. The fraction of sp³-hybridized carbons (Fsp3) is 0.154. The zero-order chi connectivity index (χ0) is 13.6. The monoisotopic (exact) mass is 373 g/mol. The molecule has 0 spiro atoms. The molecule has 2 heterocycles. The number of nitrogens with one attached hydrogen (secondary N) is 1. The van der Waals surface area contributed by atoms with Gasteiger partial charge in [0.15, 0.2) is 0 Å². The predicted octanol–water partition coefficient (Wildman–Crippen LogP) is 3.83. The van der Waals surface area contributed by atoms with E-state index >= 15 is 0 Å². The summed E-state index contributed by atoms with van der Waals surface area (Å²) >= 11 is 2.03. The van der Waals surface area contributed by atoms with Crippen LogP contribution in [-0.4, -0.2) is 17.6 Å². The second kappa shape index (κ2) is 4.52. The number of ether oxygens (including phenoxy) is 1. The molecule has 2 aromatic heterocycles. The smallest absolute Gasteiger partial charge is 0.355 e. The average Bonchev–Trinajstić information content (AvgIpc) is 2.95. The molecule has 0 atom stereocenters. The average molecular weight is 373 g/mol. The van der Waals surface area contributed by atoms with Crippen LogP contribution < -0.4 is 0 Å². The summed E-state index contributed by atoms with van der Waals surface area (Å²) in [6.07, 6.45) is 1.43. The lowest BCUT2D eigenvalue weighted by molar-refractivity contribution is 0.0519. The van der Waals surface area contributed by atoms with E-state index in [1.165, 1.54) is 12.3 Å². The summed E-state index contributed by atoms with van der Waals surface area (Å²) in [6.45, 7) is 2.02. The Kier molecular flexibility index (Phi) is 2.96. The van der Waals surface area contributed by atoms with Crippen molar-refractivity contribution in [1.82, 2.24) is 4.98 Å². The number of halogens is 2. The summed E-state index contributed by atoms with van der Waals surface area (Å²) in [7, 11) is 0. The highest BCUT2D eigenvalue weighted by Crippen LogP contribution is 2.33. The standard InChI is InChI=1S/C13H9FINO3/c1-2-18-13(17)11-10(15)9-8(16-11)5-7(14)6-3-4-19-12(6)9/h3-5,16H,2H2,1H3. The van der Waals surface area contributed by atoms with Crippen molar-refractivity contribution >= 4 is 50.4 Å². The van der Waals surface area contributed by atoms with E-state index in [0.717, 1.165) is 0 Å². The highest BCUT2D eigenvalue weighted by Gasteiger charge is 2.21. The Morgan fingerprint density at radius 3 is 3.11 bits per heavy atom. The van der Waals surface area contributed by atoms with E-state index in [4.69, 9.17) is 9.15 Å². The number of rotatable bonds is 2. The van der Waals surface area contributed by atoms with E-state index in [0.29, 0.717) is 31.1 Å². The van der Waals surface area contributed by atoms with Gasteiger partial charge in [0.1, 0.15) is 17.1 Å². The topological polar surface area (TPSA) is 55.2 Å². The summed E-state index contributed by atoms with van der Waals surface area (Å²) in [5.41, 5.74) is 1.28. The lowest BCUT2D eigenvalue weighted by Gasteiger charge is -1.98. The summed E-state index contributed by atoms with van der Waals surface area (Å²) in [5, 5.41) is 1.10. The third kappa shape index (κ3) is 1.81. The molecular weight excluding hydrogens is 364 g/mol. The Morgan fingerprint density at radius 2 is 2.37 bits per heavy atom. The van der Waals surface area contributed by atoms with Crippen LogP contribution in [0.2, 0.25) is 0 Å². The minimum atomic E-state index is -0.455. The molecular formula is C13H9FINO3. The van der Waals surface area contributed by atoms with E-state index in [9.17, 15) is 9.18 Å². The van der Waals surface area contributed by atoms with Gasteiger partial charge in [-0.05, 0) is 41.6 Å². The molecule has 0 aliphatic heterocycles. The van der Waals surface area contributed by atoms with E-state index in [2.05, 4.69) is 4.98 Å². The van der Waals surface area contributed by atoms with Crippen molar-refractivity contribution in [2.75, 3.05) is 6.61 Å². The first-order chi connectivity index (χ1) is 9.13. The van der Waals surface area contributed by atoms with Gasteiger partial charge in [-0.3, -0.25) is 0 Å². The first-order valence-electron chi connectivity index (χ1n) is 5.67.